The maximum atomic E-state index is 11.8. The number of hydrogen-bond acceptors (Lipinski definition) is 6. The number of sulfonamides is 1. The first-order chi connectivity index (χ1) is 8.58. The van der Waals surface area contributed by atoms with Gasteiger partial charge in [-0.2, -0.15) is 0 Å². The van der Waals surface area contributed by atoms with Crippen molar-refractivity contribution in [3.63, 3.8) is 0 Å². The summed E-state index contributed by atoms with van der Waals surface area (Å²) in [4.78, 5) is 11.3. The Morgan fingerprint density at radius 1 is 1.28 bits per heavy atom. The fourth-order valence-corrected chi connectivity index (χ4v) is 2.83. The second kappa shape index (κ2) is 5.70. The van der Waals surface area contributed by atoms with Crippen LogP contribution in [0.3, 0.4) is 0 Å². The Labute approximate surface area is 113 Å². The van der Waals surface area contributed by atoms with Gasteiger partial charge >= 0.3 is 0 Å². The molecule has 0 spiro atoms. The minimum Gasteiger partial charge on any atom is -0.250 e. The molecule has 96 valence electrons. The molecule has 0 amide bonds. The van der Waals surface area contributed by atoms with Gasteiger partial charge in [-0.05, 0) is 11.6 Å². The Bertz CT molecular complexity index is 598. The van der Waals surface area contributed by atoms with Crippen LogP contribution in [0.1, 0.15) is 5.01 Å². The Balaban J connectivity index is 1.97. The Kier molecular flexibility index (Phi) is 4.23. The van der Waals surface area contributed by atoms with Crippen LogP contribution in [0.5, 0.6) is 0 Å². The number of thiazole rings is 1. The van der Waals surface area contributed by atoms with Gasteiger partial charge in [0.15, 0.2) is 0 Å². The topological polar surface area (TPSA) is 84.8 Å². The molecule has 9 heteroatoms. The number of nitrogens with one attached hydrogen (secondary N) is 1. The summed E-state index contributed by atoms with van der Waals surface area (Å²) >= 11 is 6.97. The summed E-state index contributed by atoms with van der Waals surface area (Å²) in [5.41, 5.74) is 0. The molecule has 0 unspecified atom stereocenters. The van der Waals surface area contributed by atoms with Gasteiger partial charge in [0, 0.05) is 24.5 Å². The van der Waals surface area contributed by atoms with E-state index in [9.17, 15) is 8.42 Å². The molecule has 18 heavy (non-hydrogen) atoms. The number of halogens is 1. The van der Waals surface area contributed by atoms with Crippen molar-refractivity contribution in [2.24, 2.45) is 0 Å². The maximum Gasteiger partial charge on any atom is 0.243 e. The molecule has 0 aromatic carbocycles. The zero-order valence-corrected chi connectivity index (χ0v) is 11.5. The molecule has 2 aromatic rings. The second-order valence-corrected chi connectivity index (χ2v) is 6.35. The van der Waals surface area contributed by atoms with E-state index in [2.05, 4.69) is 19.7 Å². The van der Waals surface area contributed by atoms with Crippen LogP contribution in [0.25, 0.3) is 0 Å². The summed E-state index contributed by atoms with van der Waals surface area (Å²) in [5, 5.41) is 2.73. The first kappa shape index (κ1) is 13.3. The summed E-state index contributed by atoms with van der Waals surface area (Å²) in [5.74, 6) is 0. The van der Waals surface area contributed by atoms with E-state index < -0.39 is 10.0 Å². The fourth-order valence-electron chi connectivity index (χ4n) is 1.19. The number of rotatable bonds is 5. The van der Waals surface area contributed by atoms with Crippen molar-refractivity contribution < 1.29 is 8.42 Å². The molecule has 0 saturated heterocycles. The Morgan fingerprint density at radius 3 is 2.61 bits per heavy atom. The molecule has 2 heterocycles. The van der Waals surface area contributed by atoms with Crippen LogP contribution in [-0.2, 0) is 16.4 Å². The standard InChI is InChI=1S/C9H9ClN4O2S2/c10-9-12-5-7(6-13-9)18(15,16)14-2-1-8-11-3-4-17-8/h3-6,14H,1-2H2. The van der Waals surface area contributed by atoms with Gasteiger partial charge in [0.05, 0.1) is 17.4 Å². The monoisotopic (exact) mass is 304 g/mol. The van der Waals surface area contributed by atoms with Gasteiger partial charge < -0.3 is 0 Å². The van der Waals surface area contributed by atoms with Gasteiger partial charge in [-0.25, -0.2) is 28.1 Å². The predicted molar refractivity (Wildman–Crippen MR) is 68.0 cm³/mol. The van der Waals surface area contributed by atoms with Crippen LogP contribution >= 0.6 is 22.9 Å². The van der Waals surface area contributed by atoms with Gasteiger partial charge in [-0.1, -0.05) is 0 Å². The van der Waals surface area contributed by atoms with Crippen LogP contribution in [-0.4, -0.2) is 29.9 Å². The van der Waals surface area contributed by atoms with Crippen molar-refractivity contribution in [2.75, 3.05) is 6.54 Å². The van der Waals surface area contributed by atoms with Crippen molar-refractivity contribution in [2.45, 2.75) is 11.3 Å². The largest absolute Gasteiger partial charge is 0.250 e. The highest BCUT2D eigenvalue weighted by atomic mass is 35.5. The van der Waals surface area contributed by atoms with Gasteiger partial charge in [0.25, 0.3) is 0 Å². The molecule has 0 aliphatic rings. The highest BCUT2D eigenvalue weighted by Gasteiger charge is 2.14. The van der Waals surface area contributed by atoms with Crippen LogP contribution in [0.4, 0.5) is 0 Å². The molecular weight excluding hydrogens is 296 g/mol. The molecule has 0 saturated carbocycles. The zero-order chi connectivity index (χ0) is 13.0. The normalized spacial score (nSPS) is 11.6. The van der Waals surface area contributed by atoms with Crippen molar-refractivity contribution in [1.82, 2.24) is 19.7 Å². The van der Waals surface area contributed by atoms with E-state index in [-0.39, 0.29) is 16.7 Å². The molecule has 2 rings (SSSR count). The average Bonchev–Trinajstić information content (AvgIpc) is 2.82. The zero-order valence-electron chi connectivity index (χ0n) is 9.08. The van der Waals surface area contributed by atoms with E-state index in [0.29, 0.717) is 6.42 Å². The molecule has 2 aromatic heterocycles. The molecular formula is C9H9ClN4O2S2. The van der Waals surface area contributed by atoms with Crippen molar-refractivity contribution in [3.8, 4) is 0 Å². The van der Waals surface area contributed by atoms with Crippen LogP contribution in [0.15, 0.2) is 28.9 Å². The van der Waals surface area contributed by atoms with E-state index in [1.54, 1.807) is 6.20 Å². The second-order valence-electron chi connectivity index (χ2n) is 3.26. The Hall–Kier alpha value is -1.09. The minimum absolute atomic E-state index is 0.00830. The third-order valence-electron chi connectivity index (χ3n) is 2.02. The van der Waals surface area contributed by atoms with Gasteiger partial charge in [0.1, 0.15) is 4.90 Å². The highest BCUT2D eigenvalue weighted by Crippen LogP contribution is 2.08. The predicted octanol–water partition coefficient (Wildman–Crippen LogP) is 1.11. The van der Waals surface area contributed by atoms with E-state index >= 15 is 0 Å². The SMILES string of the molecule is O=S(=O)(NCCc1nccs1)c1cnc(Cl)nc1. The number of nitrogens with zero attached hydrogens (tertiary/aromatic N) is 3. The molecule has 0 fully saturated rings. The molecule has 0 radical (unpaired) electrons. The van der Waals surface area contributed by atoms with Gasteiger partial charge in [-0.15, -0.1) is 11.3 Å². The van der Waals surface area contributed by atoms with Crippen molar-refractivity contribution >= 4 is 33.0 Å². The third kappa shape index (κ3) is 3.45. The number of hydrogen-bond donors (Lipinski definition) is 1. The molecule has 0 bridgehead atoms. The molecule has 6 nitrogen and oxygen atoms in total. The number of aromatic nitrogens is 3. The van der Waals surface area contributed by atoms with E-state index in [1.165, 1.54) is 23.7 Å². The van der Waals surface area contributed by atoms with Crippen molar-refractivity contribution in [3.05, 3.63) is 34.3 Å². The Morgan fingerprint density at radius 2 is 2.00 bits per heavy atom. The van der Waals surface area contributed by atoms with Crippen molar-refractivity contribution in [1.29, 1.82) is 0 Å². The lowest BCUT2D eigenvalue weighted by Gasteiger charge is -2.04. The van der Waals surface area contributed by atoms with Gasteiger partial charge in [0.2, 0.25) is 15.3 Å². The maximum absolute atomic E-state index is 11.8. The summed E-state index contributed by atoms with van der Waals surface area (Å²) in [7, 11) is -3.59. The average molecular weight is 305 g/mol. The van der Waals surface area contributed by atoms with Crippen LogP contribution in [0, 0.1) is 0 Å². The smallest absolute Gasteiger partial charge is 0.243 e. The summed E-state index contributed by atoms with van der Waals surface area (Å²) in [6.45, 7) is 0.276. The summed E-state index contributed by atoms with van der Waals surface area (Å²) in [6.07, 6.45) is 4.56. The summed E-state index contributed by atoms with van der Waals surface area (Å²) in [6, 6.07) is 0. The van der Waals surface area contributed by atoms with Crippen LogP contribution < -0.4 is 4.72 Å². The summed E-state index contributed by atoms with van der Waals surface area (Å²) < 4.78 is 26.1. The van der Waals surface area contributed by atoms with Gasteiger partial charge in [-0.3, -0.25) is 0 Å². The fraction of sp³-hybridized carbons (Fsp3) is 0.222. The first-order valence-electron chi connectivity index (χ1n) is 4.93. The van der Waals surface area contributed by atoms with E-state index in [1.807, 2.05) is 5.38 Å². The quantitative estimate of drug-likeness (QED) is 0.836. The lowest BCUT2D eigenvalue weighted by molar-refractivity contribution is 0.580. The molecule has 0 aliphatic heterocycles. The van der Waals surface area contributed by atoms with E-state index in [0.717, 1.165) is 5.01 Å². The van der Waals surface area contributed by atoms with Crippen LogP contribution in [0.2, 0.25) is 5.28 Å². The molecule has 1 N–H and O–H groups in total. The first-order valence-corrected chi connectivity index (χ1v) is 7.67. The third-order valence-corrected chi connectivity index (χ3v) is 4.47. The van der Waals surface area contributed by atoms with E-state index in [4.69, 9.17) is 11.6 Å². The molecule has 0 atom stereocenters. The molecule has 0 aliphatic carbocycles. The highest BCUT2D eigenvalue weighted by molar-refractivity contribution is 7.89. The lowest BCUT2D eigenvalue weighted by atomic mass is 10.5. The lowest BCUT2D eigenvalue weighted by Crippen LogP contribution is -2.26. The minimum atomic E-state index is -3.59.